The van der Waals surface area contributed by atoms with Gasteiger partial charge in [-0.05, 0) is 49.9 Å². The van der Waals surface area contributed by atoms with Crippen molar-refractivity contribution in [2.75, 3.05) is 5.32 Å². The SMILES string of the molecule is Cc1cc(CCc2cc(NC(=O)C(F)(F)F)c(C)cc2F)no1. The van der Waals surface area contributed by atoms with Gasteiger partial charge in [0.1, 0.15) is 11.6 Å². The van der Waals surface area contributed by atoms with Crippen LogP contribution in [0.2, 0.25) is 0 Å². The highest BCUT2D eigenvalue weighted by atomic mass is 19.4. The minimum absolute atomic E-state index is 0.0694. The Bertz CT molecular complexity index is 723. The van der Waals surface area contributed by atoms with Crippen LogP contribution in [0, 0.1) is 19.7 Å². The Morgan fingerprint density at radius 2 is 1.91 bits per heavy atom. The quantitative estimate of drug-likeness (QED) is 0.870. The van der Waals surface area contributed by atoms with Crippen molar-refractivity contribution in [2.24, 2.45) is 0 Å². The smallest absolute Gasteiger partial charge is 0.361 e. The molecule has 23 heavy (non-hydrogen) atoms. The maximum Gasteiger partial charge on any atom is 0.471 e. The number of halogens is 4. The first-order valence-electron chi connectivity index (χ1n) is 6.76. The van der Waals surface area contributed by atoms with Crippen LogP contribution in [0.3, 0.4) is 0 Å². The van der Waals surface area contributed by atoms with Crippen LogP contribution < -0.4 is 5.32 Å². The molecule has 2 aromatic rings. The first kappa shape index (κ1) is 17.0. The first-order valence-corrected chi connectivity index (χ1v) is 6.76. The summed E-state index contributed by atoms with van der Waals surface area (Å²) in [7, 11) is 0. The Hall–Kier alpha value is -2.38. The van der Waals surface area contributed by atoms with E-state index in [2.05, 4.69) is 5.16 Å². The third kappa shape index (κ3) is 4.30. The highest BCUT2D eigenvalue weighted by molar-refractivity contribution is 5.95. The number of hydrogen-bond donors (Lipinski definition) is 1. The molecule has 0 bridgehead atoms. The predicted octanol–water partition coefficient (Wildman–Crippen LogP) is 3.72. The van der Waals surface area contributed by atoms with Gasteiger partial charge in [0, 0.05) is 11.8 Å². The number of anilines is 1. The van der Waals surface area contributed by atoms with Gasteiger partial charge in [-0.2, -0.15) is 13.2 Å². The molecule has 0 spiro atoms. The van der Waals surface area contributed by atoms with E-state index in [0.29, 0.717) is 17.9 Å². The second kappa shape index (κ2) is 6.39. The molecule has 0 fully saturated rings. The Balaban J connectivity index is 2.17. The highest BCUT2D eigenvalue weighted by Gasteiger charge is 2.38. The lowest BCUT2D eigenvalue weighted by Gasteiger charge is -2.13. The van der Waals surface area contributed by atoms with Crippen molar-refractivity contribution in [3.63, 3.8) is 0 Å². The number of hydrogen-bond acceptors (Lipinski definition) is 3. The number of alkyl halides is 3. The molecular formula is C15H14F4N2O2. The zero-order chi connectivity index (χ0) is 17.2. The van der Waals surface area contributed by atoms with Crippen LogP contribution in [0.4, 0.5) is 23.2 Å². The minimum Gasteiger partial charge on any atom is -0.361 e. The van der Waals surface area contributed by atoms with Gasteiger partial charge < -0.3 is 9.84 Å². The van der Waals surface area contributed by atoms with Gasteiger partial charge >= 0.3 is 12.1 Å². The average molecular weight is 330 g/mol. The average Bonchev–Trinajstić information content (AvgIpc) is 2.85. The van der Waals surface area contributed by atoms with Crippen molar-refractivity contribution in [3.8, 4) is 0 Å². The van der Waals surface area contributed by atoms with Gasteiger partial charge in [-0.3, -0.25) is 4.79 Å². The van der Waals surface area contributed by atoms with E-state index in [1.54, 1.807) is 18.3 Å². The molecule has 0 radical (unpaired) electrons. The zero-order valence-electron chi connectivity index (χ0n) is 12.4. The molecule has 4 nitrogen and oxygen atoms in total. The number of benzene rings is 1. The summed E-state index contributed by atoms with van der Waals surface area (Å²) < 4.78 is 55.8. The number of aryl methyl sites for hydroxylation is 4. The Morgan fingerprint density at radius 3 is 2.48 bits per heavy atom. The Labute approximate surface area is 129 Å². The number of amides is 1. The summed E-state index contributed by atoms with van der Waals surface area (Å²) in [5, 5.41) is 5.52. The van der Waals surface area contributed by atoms with Crippen molar-refractivity contribution < 1.29 is 26.9 Å². The molecule has 0 unspecified atom stereocenters. The van der Waals surface area contributed by atoms with Gasteiger partial charge in [0.05, 0.1) is 5.69 Å². The number of aromatic nitrogens is 1. The number of carbonyl (C=O) groups is 1. The van der Waals surface area contributed by atoms with E-state index in [9.17, 15) is 22.4 Å². The fourth-order valence-electron chi connectivity index (χ4n) is 2.04. The lowest BCUT2D eigenvalue weighted by atomic mass is 10.0. The number of nitrogens with zero attached hydrogens (tertiary/aromatic N) is 1. The molecule has 1 N–H and O–H groups in total. The number of rotatable bonds is 4. The second-order valence-corrected chi connectivity index (χ2v) is 5.14. The van der Waals surface area contributed by atoms with Gasteiger partial charge in [0.15, 0.2) is 0 Å². The van der Waals surface area contributed by atoms with Gasteiger partial charge in [0.25, 0.3) is 0 Å². The van der Waals surface area contributed by atoms with Crippen LogP contribution in [0.5, 0.6) is 0 Å². The molecule has 2 rings (SSSR count). The summed E-state index contributed by atoms with van der Waals surface area (Å²) in [5.74, 6) is -2.03. The Morgan fingerprint density at radius 1 is 1.22 bits per heavy atom. The molecule has 0 aliphatic heterocycles. The second-order valence-electron chi connectivity index (χ2n) is 5.14. The predicted molar refractivity (Wildman–Crippen MR) is 74.5 cm³/mol. The number of carbonyl (C=O) groups excluding carboxylic acids is 1. The molecule has 124 valence electrons. The van der Waals surface area contributed by atoms with E-state index < -0.39 is 17.9 Å². The molecule has 0 atom stereocenters. The normalized spacial score (nSPS) is 11.6. The summed E-state index contributed by atoms with van der Waals surface area (Å²) in [5.41, 5.74) is 0.943. The van der Waals surface area contributed by atoms with Crippen LogP contribution in [-0.4, -0.2) is 17.2 Å². The van der Waals surface area contributed by atoms with Crippen LogP contribution in [-0.2, 0) is 17.6 Å². The largest absolute Gasteiger partial charge is 0.471 e. The van der Waals surface area contributed by atoms with Crippen LogP contribution in [0.1, 0.15) is 22.6 Å². The van der Waals surface area contributed by atoms with E-state index >= 15 is 0 Å². The van der Waals surface area contributed by atoms with Crippen molar-refractivity contribution >= 4 is 11.6 Å². The summed E-state index contributed by atoms with van der Waals surface area (Å²) in [6, 6.07) is 4.00. The van der Waals surface area contributed by atoms with Gasteiger partial charge in [-0.15, -0.1) is 0 Å². The maximum atomic E-state index is 13.9. The standard InChI is InChI=1S/C15H14F4N2O2/c1-8-5-12(16)10(3-4-11-6-9(2)23-21-11)7-13(8)20-14(22)15(17,18)19/h5-7H,3-4H2,1-2H3,(H,20,22). The maximum absolute atomic E-state index is 13.9. The molecule has 0 saturated carbocycles. The summed E-state index contributed by atoms with van der Waals surface area (Å²) in [4.78, 5) is 11.0. The van der Waals surface area contributed by atoms with E-state index in [-0.39, 0.29) is 23.2 Å². The van der Waals surface area contributed by atoms with Crippen LogP contribution >= 0.6 is 0 Å². The van der Waals surface area contributed by atoms with Crippen molar-refractivity contribution in [2.45, 2.75) is 32.9 Å². The summed E-state index contributed by atoms with van der Waals surface area (Å²) >= 11 is 0. The van der Waals surface area contributed by atoms with Crippen molar-refractivity contribution in [1.82, 2.24) is 5.16 Å². The molecule has 1 aromatic heterocycles. The molecule has 8 heteroatoms. The molecule has 0 aliphatic carbocycles. The lowest BCUT2D eigenvalue weighted by molar-refractivity contribution is -0.167. The molecule has 1 aromatic carbocycles. The van der Waals surface area contributed by atoms with Crippen molar-refractivity contribution in [3.05, 3.63) is 46.6 Å². The molecule has 1 heterocycles. The van der Waals surface area contributed by atoms with Gasteiger partial charge in [0.2, 0.25) is 0 Å². The van der Waals surface area contributed by atoms with Gasteiger partial charge in [-0.1, -0.05) is 5.16 Å². The van der Waals surface area contributed by atoms with Gasteiger partial charge in [-0.25, -0.2) is 4.39 Å². The molecule has 1 amide bonds. The van der Waals surface area contributed by atoms with E-state index in [4.69, 9.17) is 4.52 Å². The van der Waals surface area contributed by atoms with Crippen LogP contribution in [0.25, 0.3) is 0 Å². The van der Waals surface area contributed by atoms with Crippen molar-refractivity contribution in [1.29, 1.82) is 0 Å². The molecule has 0 aliphatic rings. The van der Waals surface area contributed by atoms with Crippen LogP contribution in [0.15, 0.2) is 22.7 Å². The topological polar surface area (TPSA) is 55.1 Å². The molecular weight excluding hydrogens is 316 g/mol. The summed E-state index contributed by atoms with van der Waals surface area (Å²) in [6.45, 7) is 3.13. The monoisotopic (exact) mass is 330 g/mol. The first-order chi connectivity index (χ1) is 10.7. The highest BCUT2D eigenvalue weighted by Crippen LogP contribution is 2.24. The Kier molecular flexibility index (Phi) is 4.72. The fraction of sp³-hybridized carbons (Fsp3) is 0.333. The third-order valence-electron chi connectivity index (χ3n) is 3.23. The zero-order valence-corrected chi connectivity index (χ0v) is 12.4. The van der Waals surface area contributed by atoms with E-state index in [1.807, 2.05) is 0 Å². The third-order valence-corrected chi connectivity index (χ3v) is 3.23. The van der Waals surface area contributed by atoms with E-state index in [1.165, 1.54) is 13.0 Å². The van der Waals surface area contributed by atoms with E-state index in [0.717, 1.165) is 6.07 Å². The fourth-order valence-corrected chi connectivity index (χ4v) is 2.04. The minimum atomic E-state index is -5.00. The summed E-state index contributed by atoms with van der Waals surface area (Å²) in [6.07, 6.45) is -4.42. The molecule has 0 saturated heterocycles. The number of nitrogens with one attached hydrogen (secondary N) is 1. The lowest BCUT2D eigenvalue weighted by Crippen LogP contribution is -2.30.